The van der Waals surface area contributed by atoms with E-state index < -0.39 is 41.9 Å². The molecule has 31 heavy (non-hydrogen) atoms. The van der Waals surface area contributed by atoms with Crippen LogP contribution in [0.1, 0.15) is 23.4 Å². The summed E-state index contributed by atoms with van der Waals surface area (Å²) < 4.78 is 116. The van der Waals surface area contributed by atoms with Crippen LogP contribution in [-0.4, -0.2) is 29.3 Å². The zero-order valence-corrected chi connectivity index (χ0v) is 17.0. The van der Waals surface area contributed by atoms with Crippen LogP contribution in [0.25, 0.3) is 0 Å². The molecule has 0 amide bonds. The molecule has 0 radical (unpaired) electrons. The van der Waals surface area contributed by atoms with Gasteiger partial charge in [0.1, 0.15) is 0 Å². The molecule has 3 aromatic rings. The van der Waals surface area contributed by atoms with Gasteiger partial charge in [-0.15, -0.1) is 0 Å². The van der Waals surface area contributed by atoms with E-state index in [4.69, 9.17) is 20.2 Å². The van der Waals surface area contributed by atoms with Crippen molar-refractivity contribution in [2.45, 2.75) is 24.8 Å². The fourth-order valence-electron chi connectivity index (χ4n) is 2.22. The normalized spacial score (nSPS) is 12.8. The van der Waals surface area contributed by atoms with Gasteiger partial charge in [0.05, 0.1) is 0 Å². The van der Waals surface area contributed by atoms with Gasteiger partial charge < -0.3 is 0 Å². The van der Waals surface area contributed by atoms with E-state index >= 15 is 0 Å². The zero-order chi connectivity index (χ0) is 23.6. The van der Waals surface area contributed by atoms with Crippen LogP contribution < -0.4 is 0 Å². The third-order valence-corrected chi connectivity index (χ3v) is 3.41. The first-order valence-corrected chi connectivity index (χ1v) is 10.7. The molecular formula is C13H7Cl2F9MnN6. The van der Waals surface area contributed by atoms with Gasteiger partial charge in [0.2, 0.25) is 6.29 Å². The van der Waals surface area contributed by atoms with Gasteiger partial charge in [-0.25, -0.2) is 14.0 Å². The minimum atomic E-state index is -4.88. The first-order valence-electron chi connectivity index (χ1n) is 7.42. The fraction of sp³-hybridized carbons (Fsp3) is 0.308. The van der Waals surface area contributed by atoms with Gasteiger partial charge in [0.25, 0.3) is 0 Å². The molecule has 3 aromatic heterocycles. The van der Waals surface area contributed by atoms with E-state index in [-0.39, 0.29) is 13.1 Å². The second kappa shape index (κ2) is 9.30. The van der Waals surface area contributed by atoms with E-state index in [1.54, 1.807) is 0 Å². The number of halogens is 11. The van der Waals surface area contributed by atoms with Crippen LogP contribution in [0.4, 0.5) is 39.5 Å². The number of aromatic nitrogens is 6. The van der Waals surface area contributed by atoms with Gasteiger partial charge in [-0.3, -0.25) is 0 Å². The first-order chi connectivity index (χ1) is 14.2. The summed E-state index contributed by atoms with van der Waals surface area (Å²) in [7, 11) is 9.59. The molecule has 0 spiro atoms. The summed E-state index contributed by atoms with van der Waals surface area (Å²) in [5.41, 5.74) is -4.20. The fourth-order valence-corrected chi connectivity index (χ4v) is 2.22. The van der Waals surface area contributed by atoms with Crippen molar-refractivity contribution in [3.05, 3.63) is 53.9 Å². The van der Waals surface area contributed by atoms with Crippen molar-refractivity contribution >= 4 is 20.2 Å². The number of alkyl halides is 9. The molecule has 6 nitrogen and oxygen atoms in total. The quantitative estimate of drug-likeness (QED) is 0.334. The van der Waals surface area contributed by atoms with Gasteiger partial charge in [-0.1, -0.05) is 0 Å². The SMILES string of the molecule is FC(F)(F)c1ccn(C(n2ccc(C(F)(F)F)n2)n2ccc(C(F)(F)F)n2)n1.[Cl][Mn][Cl]. The molecule has 0 unspecified atom stereocenters. The van der Waals surface area contributed by atoms with Crippen molar-refractivity contribution in [1.29, 1.82) is 0 Å². The van der Waals surface area contributed by atoms with Crippen molar-refractivity contribution in [2.75, 3.05) is 0 Å². The predicted molar refractivity (Wildman–Crippen MR) is 83.2 cm³/mol. The first kappa shape index (κ1) is 25.4. The van der Waals surface area contributed by atoms with Crippen LogP contribution >= 0.6 is 20.2 Å². The van der Waals surface area contributed by atoms with Crippen LogP contribution in [0.3, 0.4) is 0 Å². The average Bonchev–Trinajstić information content (AvgIpc) is 3.35. The van der Waals surface area contributed by atoms with Gasteiger partial charge in [-0.05, 0) is 18.2 Å². The monoisotopic (exact) mass is 543 g/mol. The summed E-state index contributed by atoms with van der Waals surface area (Å²) in [6.07, 6.45) is -14.2. The topological polar surface area (TPSA) is 53.5 Å². The molecule has 0 N–H and O–H groups in total. The van der Waals surface area contributed by atoms with E-state index in [9.17, 15) is 39.5 Å². The predicted octanol–water partition coefficient (Wildman–Crippen LogP) is 5.26. The van der Waals surface area contributed by atoms with Crippen molar-refractivity contribution in [3.63, 3.8) is 0 Å². The van der Waals surface area contributed by atoms with E-state index in [0.29, 0.717) is 32.2 Å². The Balaban J connectivity index is 0.00000107. The summed E-state index contributed by atoms with van der Waals surface area (Å²) >= 11 is 0.00694. The molecule has 0 aliphatic rings. The Kier molecular flexibility index (Phi) is 7.61. The third kappa shape index (κ3) is 6.30. The van der Waals surface area contributed by atoms with Crippen molar-refractivity contribution in [2.24, 2.45) is 0 Å². The molecule has 0 aromatic carbocycles. The Bertz CT molecular complexity index is 866. The molecule has 0 bridgehead atoms. The molecular weight excluding hydrogens is 537 g/mol. The molecule has 173 valence electrons. The van der Waals surface area contributed by atoms with E-state index in [0.717, 1.165) is 18.6 Å². The maximum absolute atomic E-state index is 12.8. The van der Waals surface area contributed by atoms with Crippen LogP contribution in [0.5, 0.6) is 0 Å². The van der Waals surface area contributed by atoms with Gasteiger partial charge in [0, 0.05) is 18.6 Å². The summed E-state index contributed by atoms with van der Waals surface area (Å²) in [6.45, 7) is 0. The Labute approximate surface area is 181 Å². The van der Waals surface area contributed by atoms with E-state index in [1.807, 2.05) is 0 Å². The van der Waals surface area contributed by atoms with Gasteiger partial charge in [-0.2, -0.15) is 54.8 Å². The number of hydrogen-bond donors (Lipinski definition) is 0. The molecule has 0 saturated carbocycles. The second-order valence-electron chi connectivity index (χ2n) is 5.44. The Hall–Kier alpha value is -1.90. The Morgan fingerprint density at radius 3 is 1.00 bits per heavy atom. The number of nitrogens with zero attached hydrogens (tertiary/aromatic N) is 6. The molecule has 3 heterocycles. The molecule has 3 rings (SSSR count). The van der Waals surface area contributed by atoms with Gasteiger partial charge in [0.15, 0.2) is 17.1 Å². The summed E-state index contributed by atoms with van der Waals surface area (Å²) in [6, 6.07) is 1.53. The van der Waals surface area contributed by atoms with Crippen LogP contribution in [0.2, 0.25) is 0 Å². The van der Waals surface area contributed by atoms with Crippen LogP contribution in [-0.2, 0) is 31.7 Å². The summed E-state index contributed by atoms with van der Waals surface area (Å²) in [4.78, 5) is 0. The number of hydrogen-bond acceptors (Lipinski definition) is 3. The zero-order valence-electron chi connectivity index (χ0n) is 14.3. The molecule has 0 saturated heterocycles. The van der Waals surface area contributed by atoms with E-state index in [2.05, 4.69) is 15.3 Å². The maximum atomic E-state index is 12.8. The summed E-state index contributed by atoms with van der Waals surface area (Å²) in [5.74, 6) is 0. The molecule has 0 aliphatic carbocycles. The van der Waals surface area contributed by atoms with Crippen LogP contribution in [0.15, 0.2) is 36.8 Å². The summed E-state index contributed by atoms with van der Waals surface area (Å²) in [5, 5.41) is 9.55. The van der Waals surface area contributed by atoms with E-state index in [1.165, 1.54) is 0 Å². The molecule has 0 atom stereocenters. The average molecular weight is 544 g/mol. The minimum absolute atomic E-state index is 0.00694. The van der Waals surface area contributed by atoms with Crippen molar-refractivity contribution in [3.8, 4) is 0 Å². The van der Waals surface area contributed by atoms with Crippen molar-refractivity contribution < 1.29 is 52.6 Å². The Morgan fingerprint density at radius 1 is 0.613 bits per heavy atom. The molecule has 18 heteroatoms. The van der Waals surface area contributed by atoms with Crippen LogP contribution in [0, 0.1) is 0 Å². The second-order valence-corrected chi connectivity index (χ2v) is 7.39. The third-order valence-electron chi connectivity index (χ3n) is 3.41. The van der Waals surface area contributed by atoms with Crippen molar-refractivity contribution in [1.82, 2.24) is 29.3 Å². The number of rotatable bonds is 3. The Morgan fingerprint density at radius 2 is 0.839 bits per heavy atom. The van der Waals surface area contributed by atoms with Gasteiger partial charge >= 0.3 is 51.9 Å². The molecule has 0 aliphatic heterocycles. The standard InChI is InChI=1S/C13H7F9N6.2ClH.Mn/c14-11(15,16)7-1-4-26(23-7)10(27-5-2-8(24-27)12(17,18)19)28-6-3-9(25-28)13(20,21)22;;;/h1-6,10H;2*1H;/q;;;+2/p-2. The molecule has 0 fully saturated rings.